The van der Waals surface area contributed by atoms with Crippen LogP contribution in [-0.4, -0.2) is 17.7 Å². The Kier molecular flexibility index (Phi) is 5.19. The van der Waals surface area contributed by atoms with Crippen LogP contribution in [0, 0.1) is 0 Å². The first-order chi connectivity index (χ1) is 3.31. The molecule has 3 heteroatoms. The molecule has 0 radical (unpaired) electrons. The molecule has 0 aromatic carbocycles. The van der Waals surface area contributed by atoms with E-state index in [2.05, 4.69) is 0 Å². The zero-order valence-corrected chi connectivity index (χ0v) is 6.61. The summed E-state index contributed by atoms with van der Waals surface area (Å²) in [5.74, 6) is 0. The van der Waals surface area contributed by atoms with Gasteiger partial charge in [-0.1, -0.05) is 0 Å². The van der Waals surface area contributed by atoms with E-state index in [4.69, 9.17) is 3.07 Å². The zero-order chi connectivity index (χ0) is 5.70. The van der Waals surface area contributed by atoms with Crippen molar-refractivity contribution in [3.63, 3.8) is 0 Å². The van der Waals surface area contributed by atoms with E-state index in [0.29, 0.717) is 0 Å². The first kappa shape index (κ1) is 7.62. The van der Waals surface area contributed by atoms with Crippen LogP contribution in [0.4, 0.5) is 4.39 Å². The molecule has 0 aliphatic heterocycles. The maximum absolute atomic E-state index is 11.5. The van der Waals surface area contributed by atoms with Gasteiger partial charge in [0.05, 0.1) is 0 Å². The van der Waals surface area contributed by atoms with Crippen LogP contribution in [0.1, 0.15) is 6.92 Å². The van der Waals surface area contributed by atoms with E-state index in [1.54, 1.807) is 7.11 Å². The molecule has 0 aromatic rings. The summed E-state index contributed by atoms with van der Waals surface area (Å²) in [5.41, 5.74) is 0. The first-order valence-corrected chi connectivity index (χ1v) is 4.16. The fourth-order valence-corrected chi connectivity index (χ4v) is 1.18. The first-order valence-electron chi connectivity index (χ1n) is 2.03. The van der Waals surface area contributed by atoms with Crippen LogP contribution in [0.25, 0.3) is 0 Å². The summed E-state index contributed by atoms with van der Waals surface area (Å²) in [4.78, 5) is 0. The van der Waals surface area contributed by atoms with Crippen LogP contribution in [-0.2, 0) is 3.07 Å². The zero-order valence-electron chi connectivity index (χ0n) is 4.45. The van der Waals surface area contributed by atoms with Crippen LogP contribution in [0.5, 0.6) is 0 Å². The summed E-state index contributed by atoms with van der Waals surface area (Å²) in [5, 5.41) is 0. The number of hydrogen-bond acceptors (Lipinski definition) is 1. The van der Waals surface area contributed by atoms with Gasteiger partial charge in [-0.3, -0.25) is 0 Å². The molecule has 0 aliphatic carbocycles. The summed E-state index contributed by atoms with van der Waals surface area (Å²) in [6.45, 7) is 1.62. The SMILES string of the molecule is CO[I-]C(C)CF. The molecule has 0 fully saturated rings. The topological polar surface area (TPSA) is 9.23 Å². The Morgan fingerprint density at radius 1 is 1.86 bits per heavy atom. The van der Waals surface area contributed by atoms with Crippen molar-refractivity contribution < 1.29 is 29.1 Å². The summed E-state index contributed by atoms with van der Waals surface area (Å²) >= 11 is -0.310. The molecule has 1 nitrogen and oxygen atoms in total. The van der Waals surface area contributed by atoms with E-state index in [9.17, 15) is 4.39 Å². The average Bonchev–Trinajstić information content (AvgIpc) is 1.68. The molecule has 0 saturated heterocycles. The third-order valence-electron chi connectivity index (χ3n) is 0.454. The molecule has 0 rings (SSSR count). The Balaban J connectivity index is 2.83. The van der Waals surface area contributed by atoms with Gasteiger partial charge in [-0.15, -0.1) is 0 Å². The monoisotopic (exact) mass is 219 g/mol. The van der Waals surface area contributed by atoms with Crippen molar-refractivity contribution in [1.29, 1.82) is 0 Å². The van der Waals surface area contributed by atoms with Crippen molar-refractivity contribution in [3.05, 3.63) is 0 Å². The fourth-order valence-electron chi connectivity index (χ4n) is 0.176. The summed E-state index contributed by atoms with van der Waals surface area (Å²) in [6.07, 6.45) is 0. The summed E-state index contributed by atoms with van der Waals surface area (Å²) < 4.78 is 16.5. The van der Waals surface area contributed by atoms with E-state index in [1.165, 1.54) is 0 Å². The van der Waals surface area contributed by atoms with E-state index >= 15 is 0 Å². The quantitative estimate of drug-likeness (QED) is 0.394. The van der Waals surface area contributed by atoms with Crippen molar-refractivity contribution in [2.75, 3.05) is 13.8 Å². The van der Waals surface area contributed by atoms with Crippen molar-refractivity contribution in [2.45, 2.75) is 10.8 Å². The Labute approximate surface area is 54.1 Å². The van der Waals surface area contributed by atoms with Crippen molar-refractivity contribution >= 4 is 0 Å². The van der Waals surface area contributed by atoms with E-state index < -0.39 is 0 Å². The van der Waals surface area contributed by atoms with Gasteiger partial charge in [0, 0.05) is 0 Å². The van der Waals surface area contributed by atoms with Gasteiger partial charge in [-0.05, 0) is 0 Å². The molecular formula is C4H9FIO-. The van der Waals surface area contributed by atoms with E-state index in [-0.39, 0.29) is 32.2 Å². The Hall–Kier alpha value is 0.620. The van der Waals surface area contributed by atoms with Crippen molar-refractivity contribution in [1.82, 2.24) is 0 Å². The minimum absolute atomic E-state index is 0.170. The molecule has 46 valence electrons. The standard InChI is InChI=1S/C4H9FIO/c1-4(3-5)6-7-2/h4H,3H2,1-2H3/q-1. The van der Waals surface area contributed by atoms with E-state index in [1.807, 2.05) is 6.92 Å². The van der Waals surface area contributed by atoms with Crippen LogP contribution in [0.3, 0.4) is 0 Å². The predicted octanol–water partition coefficient (Wildman–Crippen LogP) is -2.01. The molecule has 1 atom stereocenters. The summed E-state index contributed by atoms with van der Waals surface area (Å²) in [7, 11) is 1.62. The summed E-state index contributed by atoms with van der Waals surface area (Å²) in [6, 6.07) is 0. The number of halogens is 2. The normalized spacial score (nSPS) is 14.7. The molecule has 7 heavy (non-hydrogen) atoms. The number of rotatable bonds is 3. The third-order valence-corrected chi connectivity index (χ3v) is 2.16. The Morgan fingerprint density at radius 2 is 2.43 bits per heavy atom. The van der Waals surface area contributed by atoms with Gasteiger partial charge in [-0.25, -0.2) is 0 Å². The predicted molar refractivity (Wildman–Crippen MR) is 22.4 cm³/mol. The van der Waals surface area contributed by atoms with Gasteiger partial charge in [0.25, 0.3) is 0 Å². The van der Waals surface area contributed by atoms with Crippen molar-refractivity contribution in [3.8, 4) is 0 Å². The molecule has 0 N–H and O–H groups in total. The Morgan fingerprint density at radius 3 is 2.57 bits per heavy atom. The van der Waals surface area contributed by atoms with Gasteiger partial charge in [-0.2, -0.15) is 0 Å². The Bertz CT molecular complexity index is 42.7. The van der Waals surface area contributed by atoms with Crippen LogP contribution in [0.15, 0.2) is 0 Å². The molecule has 1 unspecified atom stereocenters. The molecular weight excluding hydrogens is 210 g/mol. The third kappa shape index (κ3) is 4.47. The molecule has 0 aromatic heterocycles. The number of alkyl halides is 2. The fraction of sp³-hybridized carbons (Fsp3) is 1.00. The molecule has 0 aliphatic rings. The second-order valence-electron chi connectivity index (χ2n) is 1.18. The molecule has 0 amide bonds. The van der Waals surface area contributed by atoms with Gasteiger partial charge < -0.3 is 0 Å². The van der Waals surface area contributed by atoms with Gasteiger partial charge in [0.15, 0.2) is 0 Å². The van der Waals surface area contributed by atoms with Gasteiger partial charge in [0.1, 0.15) is 0 Å². The average molecular weight is 219 g/mol. The van der Waals surface area contributed by atoms with Gasteiger partial charge >= 0.3 is 53.7 Å². The van der Waals surface area contributed by atoms with E-state index in [0.717, 1.165) is 0 Å². The van der Waals surface area contributed by atoms with Crippen LogP contribution < -0.4 is 21.6 Å². The van der Waals surface area contributed by atoms with Gasteiger partial charge in [0.2, 0.25) is 0 Å². The van der Waals surface area contributed by atoms with Crippen molar-refractivity contribution in [2.24, 2.45) is 0 Å². The molecule has 0 saturated carbocycles. The molecule has 0 spiro atoms. The molecule has 0 heterocycles. The van der Waals surface area contributed by atoms with Crippen LogP contribution >= 0.6 is 0 Å². The number of hydrogen-bond donors (Lipinski definition) is 0. The second kappa shape index (κ2) is 4.77. The maximum atomic E-state index is 11.5. The second-order valence-corrected chi connectivity index (χ2v) is 4.69. The van der Waals surface area contributed by atoms with Crippen LogP contribution in [0.2, 0.25) is 0 Å². The molecule has 0 bridgehead atoms. The minimum atomic E-state index is -0.310.